The monoisotopic (exact) mass is 307 g/mol. The smallest absolute Gasteiger partial charge is 0.263 e. The molecule has 0 atom stereocenters. The van der Waals surface area contributed by atoms with E-state index in [-0.39, 0.29) is 4.90 Å². The van der Waals surface area contributed by atoms with Crippen LogP contribution in [-0.4, -0.2) is 25.2 Å². The third kappa shape index (κ3) is 2.87. The van der Waals surface area contributed by atoms with Gasteiger partial charge in [0.15, 0.2) is 5.82 Å². The molecule has 6 nitrogen and oxygen atoms in total. The topological polar surface area (TPSA) is 84.1 Å². The van der Waals surface area contributed by atoms with Crippen molar-refractivity contribution in [3.8, 4) is 5.75 Å². The first-order valence-corrected chi connectivity index (χ1v) is 8.39. The molecule has 7 heteroatoms. The summed E-state index contributed by atoms with van der Waals surface area (Å²) in [5.74, 6) is 1.08. The number of H-pyrrole nitrogens is 1. The van der Waals surface area contributed by atoms with Gasteiger partial charge in [0, 0.05) is 18.2 Å². The summed E-state index contributed by atoms with van der Waals surface area (Å²) in [6.45, 7) is 2.66. The summed E-state index contributed by atoms with van der Waals surface area (Å²) < 4.78 is 32.6. The van der Waals surface area contributed by atoms with Crippen molar-refractivity contribution in [2.45, 2.75) is 31.1 Å². The maximum absolute atomic E-state index is 12.4. The van der Waals surface area contributed by atoms with E-state index in [1.807, 2.05) is 0 Å². The first-order chi connectivity index (χ1) is 10.1. The molecule has 1 aromatic carbocycles. The number of aryl methyl sites for hydroxylation is 1. The minimum atomic E-state index is -3.62. The lowest BCUT2D eigenvalue weighted by Gasteiger charge is -2.06. The molecule has 0 fully saturated rings. The molecule has 0 radical (unpaired) electrons. The third-order valence-electron chi connectivity index (χ3n) is 3.36. The zero-order valence-electron chi connectivity index (χ0n) is 11.7. The van der Waals surface area contributed by atoms with E-state index in [1.54, 1.807) is 24.3 Å². The highest BCUT2D eigenvalue weighted by Crippen LogP contribution is 2.28. The summed E-state index contributed by atoms with van der Waals surface area (Å²) in [6.07, 6.45) is 2.55. The van der Waals surface area contributed by atoms with E-state index in [4.69, 9.17) is 4.74 Å². The van der Waals surface area contributed by atoms with Gasteiger partial charge in [0.25, 0.3) is 10.0 Å². The zero-order chi connectivity index (χ0) is 14.9. The van der Waals surface area contributed by atoms with Crippen molar-refractivity contribution < 1.29 is 13.2 Å². The average Bonchev–Trinajstić information content (AvgIpc) is 3.07. The molecule has 0 saturated heterocycles. The lowest BCUT2D eigenvalue weighted by molar-refractivity contribution is 0.356. The SMILES string of the molecule is CCCc1cc(NS(=O)(=O)c2ccc3c(c2)CCO3)n[nH]1. The van der Waals surface area contributed by atoms with Gasteiger partial charge in [0.05, 0.1) is 11.5 Å². The van der Waals surface area contributed by atoms with Gasteiger partial charge in [0.1, 0.15) is 5.75 Å². The maximum Gasteiger partial charge on any atom is 0.263 e. The second-order valence-corrected chi connectivity index (χ2v) is 6.68. The van der Waals surface area contributed by atoms with Gasteiger partial charge in [-0.3, -0.25) is 9.82 Å². The van der Waals surface area contributed by atoms with Crippen molar-refractivity contribution in [1.82, 2.24) is 10.2 Å². The predicted octanol–water partition coefficient (Wildman–Crippen LogP) is 2.10. The molecule has 0 aliphatic carbocycles. The highest BCUT2D eigenvalue weighted by atomic mass is 32.2. The number of benzene rings is 1. The molecule has 0 amide bonds. The number of ether oxygens (including phenoxy) is 1. The van der Waals surface area contributed by atoms with Crippen LogP contribution in [0.1, 0.15) is 24.6 Å². The Balaban J connectivity index is 1.82. The Morgan fingerprint density at radius 3 is 3.05 bits per heavy atom. The molecule has 2 aromatic rings. The second-order valence-electron chi connectivity index (χ2n) is 5.00. The number of nitrogens with zero attached hydrogens (tertiary/aromatic N) is 1. The molecule has 21 heavy (non-hydrogen) atoms. The first-order valence-electron chi connectivity index (χ1n) is 6.91. The Morgan fingerprint density at radius 1 is 1.38 bits per heavy atom. The van der Waals surface area contributed by atoms with Crippen molar-refractivity contribution in [2.24, 2.45) is 0 Å². The number of anilines is 1. The number of aromatic nitrogens is 2. The molecule has 3 rings (SSSR count). The molecule has 0 spiro atoms. The number of fused-ring (bicyclic) bond motifs is 1. The van der Waals surface area contributed by atoms with Crippen molar-refractivity contribution in [3.05, 3.63) is 35.5 Å². The van der Waals surface area contributed by atoms with Crippen LogP contribution in [0, 0.1) is 0 Å². The average molecular weight is 307 g/mol. The molecule has 2 N–H and O–H groups in total. The fraction of sp³-hybridized carbons (Fsp3) is 0.357. The molecular formula is C14H17N3O3S. The highest BCUT2D eigenvalue weighted by molar-refractivity contribution is 7.92. The van der Waals surface area contributed by atoms with Crippen molar-refractivity contribution in [2.75, 3.05) is 11.3 Å². The third-order valence-corrected chi connectivity index (χ3v) is 4.71. The van der Waals surface area contributed by atoms with Crippen LogP contribution in [-0.2, 0) is 22.9 Å². The molecule has 0 unspecified atom stereocenters. The molecule has 0 saturated carbocycles. The van der Waals surface area contributed by atoms with Crippen LogP contribution < -0.4 is 9.46 Å². The van der Waals surface area contributed by atoms with Crippen LogP contribution in [0.5, 0.6) is 5.75 Å². The Bertz CT molecular complexity index is 753. The van der Waals surface area contributed by atoms with E-state index in [2.05, 4.69) is 21.8 Å². The highest BCUT2D eigenvalue weighted by Gasteiger charge is 2.20. The van der Waals surface area contributed by atoms with Crippen LogP contribution in [0.15, 0.2) is 29.2 Å². The van der Waals surface area contributed by atoms with Crippen molar-refractivity contribution >= 4 is 15.8 Å². The number of aromatic amines is 1. The minimum absolute atomic E-state index is 0.229. The van der Waals surface area contributed by atoms with E-state index in [0.717, 1.165) is 36.3 Å². The summed E-state index contributed by atoms with van der Waals surface area (Å²) in [4.78, 5) is 0.229. The van der Waals surface area contributed by atoms with E-state index < -0.39 is 10.0 Å². The quantitative estimate of drug-likeness (QED) is 0.886. The van der Waals surface area contributed by atoms with Gasteiger partial charge < -0.3 is 4.74 Å². The number of hydrogen-bond acceptors (Lipinski definition) is 4. The standard InChI is InChI=1S/C14H17N3O3S/c1-2-3-11-9-14(16-15-11)17-21(18,19)12-4-5-13-10(8-12)6-7-20-13/h4-5,8-9H,2-3,6-7H2,1H3,(H2,15,16,17). The zero-order valence-corrected chi connectivity index (χ0v) is 12.5. The fourth-order valence-electron chi connectivity index (χ4n) is 2.34. The Labute approximate surface area is 123 Å². The fourth-order valence-corrected chi connectivity index (χ4v) is 3.38. The van der Waals surface area contributed by atoms with Crippen LogP contribution >= 0.6 is 0 Å². The van der Waals surface area contributed by atoms with Crippen LogP contribution in [0.25, 0.3) is 0 Å². The van der Waals surface area contributed by atoms with Crippen LogP contribution in [0.3, 0.4) is 0 Å². The number of nitrogens with one attached hydrogen (secondary N) is 2. The van der Waals surface area contributed by atoms with Gasteiger partial charge in [-0.05, 0) is 30.2 Å². The molecule has 1 aliphatic rings. The number of rotatable bonds is 5. The van der Waals surface area contributed by atoms with Gasteiger partial charge >= 0.3 is 0 Å². The summed E-state index contributed by atoms with van der Waals surface area (Å²) in [5, 5.41) is 6.80. The Morgan fingerprint density at radius 2 is 2.24 bits per heavy atom. The van der Waals surface area contributed by atoms with Gasteiger partial charge in [-0.15, -0.1) is 0 Å². The van der Waals surface area contributed by atoms with Crippen molar-refractivity contribution in [1.29, 1.82) is 0 Å². The van der Waals surface area contributed by atoms with Crippen molar-refractivity contribution in [3.63, 3.8) is 0 Å². The normalized spacial score (nSPS) is 13.8. The molecule has 112 valence electrons. The molecule has 2 heterocycles. The van der Waals surface area contributed by atoms with Gasteiger partial charge in [-0.2, -0.15) is 5.10 Å². The van der Waals surface area contributed by atoms with E-state index in [0.29, 0.717) is 12.4 Å². The Hall–Kier alpha value is -2.02. The molecule has 1 aliphatic heterocycles. The lowest BCUT2D eigenvalue weighted by atomic mass is 10.2. The second kappa shape index (κ2) is 5.40. The molecule has 0 bridgehead atoms. The van der Waals surface area contributed by atoms with Crippen LogP contribution in [0.2, 0.25) is 0 Å². The minimum Gasteiger partial charge on any atom is -0.493 e. The van der Waals surface area contributed by atoms with E-state index in [9.17, 15) is 8.42 Å². The maximum atomic E-state index is 12.4. The van der Waals surface area contributed by atoms with Crippen LogP contribution in [0.4, 0.5) is 5.82 Å². The number of sulfonamides is 1. The summed E-state index contributed by atoms with van der Waals surface area (Å²) >= 11 is 0. The largest absolute Gasteiger partial charge is 0.493 e. The summed E-state index contributed by atoms with van der Waals surface area (Å²) in [5.41, 5.74) is 1.84. The summed E-state index contributed by atoms with van der Waals surface area (Å²) in [6, 6.07) is 6.62. The first kappa shape index (κ1) is 13.9. The van der Waals surface area contributed by atoms with Gasteiger partial charge in [-0.1, -0.05) is 13.3 Å². The molecule has 1 aromatic heterocycles. The number of hydrogen-bond donors (Lipinski definition) is 2. The van der Waals surface area contributed by atoms with E-state index >= 15 is 0 Å². The molecular weight excluding hydrogens is 290 g/mol. The lowest BCUT2D eigenvalue weighted by Crippen LogP contribution is -2.13. The van der Waals surface area contributed by atoms with Gasteiger partial charge in [0.2, 0.25) is 0 Å². The van der Waals surface area contributed by atoms with E-state index in [1.165, 1.54) is 0 Å². The summed E-state index contributed by atoms with van der Waals surface area (Å²) in [7, 11) is -3.62. The Kier molecular flexibility index (Phi) is 3.59. The van der Waals surface area contributed by atoms with Gasteiger partial charge in [-0.25, -0.2) is 8.42 Å². The predicted molar refractivity (Wildman–Crippen MR) is 79.0 cm³/mol.